The van der Waals surface area contributed by atoms with Crippen LogP contribution in [0.15, 0.2) is 66.7 Å². The molecule has 0 fully saturated rings. The van der Waals surface area contributed by atoms with E-state index in [9.17, 15) is 4.79 Å². The largest absolute Gasteiger partial charge is 0.462 e. The Hall–Kier alpha value is -2.34. The van der Waals surface area contributed by atoms with E-state index >= 15 is 0 Å². The van der Waals surface area contributed by atoms with Crippen LogP contribution in [-0.4, -0.2) is 17.1 Å². The molecular formula is C23H20INO2. The summed E-state index contributed by atoms with van der Waals surface area (Å²) in [6.07, 6.45) is 0. The lowest BCUT2D eigenvalue weighted by Gasteiger charge is -2.13. The maximum absolute atomic E-state index is 12.5. The predicted octanol–water partition coefficient (Wildman–Crippen LogP) is 5.95. The van der Waals surface area contributed by atoms with Crippen molar-refractivity contribution in [1.29, 1.82) is 0 Å². The van der Waals surface area contributed by atoms with Gasteiger partial charge in [-0.3, -0.25) is 0 Å². The fraction of sp³-hybridized carbons (Fsp3) is 0.174. The third kappa shape index (κ3) is 3.23. The number of carbonyl (C=O) groups is 1. The first-order valence-corrected chi connectivity index (χ1v) is 10.6. The Balaban J connectivity index is 2.03. The van der Waals surface area contributed by atoms with Crippen LogP contribution < -0.4 is 0 Å². The van der Waals surface area contributed by atoms with Crippen molar-refractivity contribution in [2.45, 2.75) is 17.9 Å². The lowest BCUT2D eigenvalue weighted by atomic mass is 10.0. The Labute approximate surface area is 172 Å². The summed E-state index contributed by atoms with van der Waals surface area (Å²) in [5.41, 5.74) is 5.25. The maximum Gasteiger partial charge on any atom is 0.338 e. The van der Waals surface area contributed by atoms with Crippen molar-refractivity contribution >= 4 is 50.4 Å². The second kappa shape index (κ2) is 7.72. The summed E-state index contributed by atoms with van der Waals surface area (Å²) in [5.74, 6) is -0.248. The number of rotatable bonds is 5. The van der Waals surface area contributed by atoms with E-state index < -0.39 is 0 Å². The van der Waals surface area contributed by atoms with Crippen molar-refractivity contribution in [3.05, 3.63) is 83.4 Å². The van der Waals surface area contributed by atoms with E-state index in [0.717, 1.165) is 22.1 Å². The number of aromatic nitrogens is 1. The third-order valence-electron chi connectivity index (χ3n) is 4.85. The first-order chi connectivity index (χ1) is 13.2. The first-order valence-electron chi connectivity index (χ1n) is 9.04. The molecule has 0 saturated heterocycles. The number of alkyl halides is 1. The zero-order valence-corrected chi connectivity index (χ0v) is 17.3. The van der Waals surface area contributed by atoms with Crippen molar-refractivity contribution in [2.24, 2.45) is 0 Å². The smallest absolute Gasteiger partial charge is 0.338 e. The van der Waals surface area contributed by atoms with Gasteiger partial charge in [-0.25, -0.2) is 4.79 Å². The second-order valence-electron chi connectivity index (χ2n) is 6.43. The Bertz CT molecular complexity index is 1120. The molecule has 4 heteroatoms. The van der Waals surface area contributed by atoms with Gasteiger partial charge in [0.15, 0.2) is 0 Å². The number of ether oxygens (including phenoxy) is 1. The third-order valence-corrected chi connectivity index (χ3v) is 5.61. The zero-order chi connectivity index (χ0) is 18.8. The van der Waals surface area contributed by atoms with E-state index in [2.05, 4.69) is 81.8 Å². The fourth-order valence-corrected chi connectivity index (χ4v) is 4.46. The Morgan fingerprint density at radius 3 is 2.44 bits per heavy atom. The number of hydrogen-bond acceptors (Lipinski definition) is 2. The van der Waals surface area contributed by atoms with Crippen LogP contribution in [0, 0.1) is 0 Å². The lowest BCUT2D eigenvalue weighted by Crippen LogP contribution is -2.09. The predicted molar refractivity (Wildman–Crippen MR) is 119 cm³/mol. The summed E-state index contributed by atoms with van der Waals surface area (Å²) in [5, 5.41) is 2.39. The number of benzene rings is 3. The van der Waals surface area contributed by atoms with Crippen molar-refractivity contribution in [1.82, 2.24) is 4.57 Å². The van der Waals surface area contributed by atoms with Crippen molar-refractivity contribution in [2.75, 3.05) is 6.61 Å². The molecule has 4 rings (SSSR count). The van der Waals surface area contributed by atoms with Crippen molar-refractivity contribution in [3.63, 3.8) is 0 Å². The van der Waals surface area contributed by atoms with Crippen molar-refractivity contribution < 1.29 is 9.53 Å². The molecule has 136 valence electrons. The second-order valence-corrected chi connectivity index (χ2v) is 7.19. The molecule has 0 amide bonds. The molecule has 3 aromatic carbocycles. The minimum Gasteiger partial charge on any atom is -0.462 e. The molecule has 27 heavy (non-hydrogen) atoms. The Morgan fingerprint density at radius 1 is 0.963 bits per heavy atom. The average Bonchev–Trinajstić information content (AvgIpc) is 3.02. The van der Waals surface area contributed by atoms with E-state index in [0.29, 0.717) is 12.2 Å². The van der Waals surface area contributed by atoms with Crippen LogP contribution in [-0.2, 0) is 15.7 Å². The quantitative estimate of drug-likeness (QED) is 0.205. The molecule has 0 spiro atoms. The maximum atomic E-state index is 12.5. The highest BCUT2D eigenvalue weighted by atomic mass is 127. The Morgan fingerprint density at radius 2 is 1.70 bits per heavy atom. The number of nitrogens with zero attached hydrogens (tertiary/aromatic N) is 1. The van der Waals surface area contributed by atoms with Crippen LogP contribution in [0.25, 0.3) is 21.8 Å². The number of esters is 1. The van der Waals surface area contributed by atoms with Crippen molar-refractivity contribution in [3.8, 4) is 0 Å². The number of para-hydroxylation sites is 1. The molecule has 0 N–H and O–H groups in total. The number of halogens is 1. The standard InChI is InChI=1S/C23H20INO2/c1-2-27-23(26)19-13-12-18-17-10-6-7-11-21(17)25(22(18)20(19)14-24)15-16-8-4-3-5-9-16/h3-13H,2,14-15H2,1H3. The van der Waals surface area contributed by atoms with Gasteiger partial charge in [0.05, 0.1) is 17.7 Å². The topological polar surface area (TPSA) is 31.2 Å². The molecule has 4 aromatic rings. The molecule has 0 saturated carbocycles. The molecule has 0 aliphatic rings. The van der Waals surface area contributed by atoms with E-state index in [1.54, 1.807) is 0 Å². The minimum atomic E-state index is -0.248. The number of hydrogen-bond donors (Lipinski definition) is 0. The fourth-order valence-electron chi connectivity index (χ4n) is 3.68. The molecule has 1 aromatic heterocycles. The van der Waals surface area contributed by atoms with Gasteiger partial charge < -0.3 is 9.30 Å². The molecule has 0 unspecified atom stereocenters. The summed E-state index contributed by atoms with van der Waals surface area (Å²) in [6.45, 7) is 2.98. The molecule has 3 nitrogen and oxygen atoms in total. The SMILES string of the molecule is CCOC(=O)c1ccc2c3ccccc3n(Cc3ccccc3)c2c1CI. The van der Waals surface area contributed by atoms with E-state index in [4.69, 9.17) is 4.74 Å². The van der Waals surface area contributed by atoms with Crippen LogP contribution in [0.3, 0.4) is 0 Å². The summed E-state index contributed by atoms with van der Waals surface area (Å²) in [6, 6.07) is 22.8. The number of carbonyl (C=O) groups excluding carboxylic acids is 1. The van der Waals surface area contributed by atoms with Gasteiger partial charge in [-0.2, -0.15) is 0 Å². The van der Waals surface area contributed by atoms with Gasteiger partial charge >= 0.3 is 5.97 Å². The molecule has 1 heterocycles. The highest BCUT2D eigenvalue weighted by Crippen LogP contribution is 2.34. The molecule has 0 atom stereocenters. The molecule has 0 bridgehead atoms. The van der Waals surface area contributed by atoms with Crippen LogP contribution >= 0.6 is 22.6 Å². The van der Waals surface area contributed by atoms with Crippen LogP contribution in [0.1, 0.15) is 28.4 Å². The van der Waals surface area contributed by atoms with Crippen LogP contribution in [0.5, 0.6) is 0 Å². The van der Waals surface area contributed by atoms with Crippen LogP contribution in [0.4, 0.5) is 0 Å². The van der Waals surface area contributed by atoms with Gasteiger partial charge in [-0.05, 0) is 24.6 Å². The molecular weight excluding hydrogens is 449 g/mol. The Kier molecular flexibility index (Phi) is 5.16. The summed E-state index contributed by atoms with van der Waals surface area (Å²) < 4.78 is 8.37. The highest BCUT2D eigenvalue weighted by molar-refractivity contribution is 14.1. The van der Waals surface area contributed by atoms with Gasteiger partial charge in [0.1, 0.15) is 0 Å². The normalized spacial score (nSPS) is 11.2. The lowest BCUT2D eigenvalue weighted by molar-refractivity contribution is 0.0525. The highest BCUT2D eigenvalue weighted by Gasteiger charge is 2.20. The van der Waals surface area contributed by atoms with Gasteiger partial charge in [0, 0.05) is 32.8 Å². The monoisotopic (exact) mass is 469 g/mol. The number of fused-ring (bicyclic) bond motifs is 3. The van der Waals surface area contributed by atoms with E-state index in [-0.39, 0.29) is 5.97 Å². The minimum absolute atomic E-state index is 0.248. The summed E-state index contributed by atoms with van der Waals surface area (Å²) in [4.78, 5) is 12.5. The van der Waals surface area contributed by atoms with Gasteiger partial charge in [0.2, 0.25) is 0 Å². The first kappa shape index (κ1) is 18.0. The molecule has 0 aliphatic carbocycles. The van der Waals surface area contributed by atoms with Crippen LogP contribution in [0.2, 0.25) is 0 Å². The van der Waals surface area contributed by atoms with E-state index in [1.165, 1.54) is 21.9 Å². The summed E-state index contributed by atoms with van der Waals surface area (Å²) >= 11 is 2.34. The molecule has 0 aliphatic heterocycles. The van der Waals surface area contributed by atoms with E-state index in [1.807, 2.05) is 19.1 Å². The van der Waals surface area contributed by atoms with Gasteiger partial charge in [-0.1, -0.05) is 77.2 Å². The average molecular weight is 469 g/mol. The van der Waals surface area contributed by atoms with Gasteiger partial charge in [0.25, 0.3) is 0 Å². The molecule has 0 radical (unpaired) electrons. The zero-order valence-electron chi connectivity index (χ0n) is 15.1. The van der Waals surface area contributed by atoms with Gasteiger partial charge in [-0.15, -0.1) is 0 Å². The summed E-state index contributed by atoms with van der Waals surface area (Å²) in [7, 11) is 0.